The minimum atomic E-state index is 0.0526. The lowest BCUT2D eigenvalue weighted by Crippen LogP contribution is -2.12. The molecule has 5 heteroatoms. The van der Waals surface area contributed by atoms with Gasteiger partial charge in [0.1, 0.15) is 5.84 Å². The number of amidine groups is 1. The van der Waals surface area contributed by atoms with Crippen molar-refractivity contribution >= 4 is 21.8 Å². The van der Waals surface area contributed by atoms with Crippen LogP contribution in [0.5, 0.6) is 0 Å². The number of nitrogen functional groups attached to an aromatic ring is 1. The summed E-state index contributed by atoms with van der Waals surface area (Å²) < 4.78 is 2.62. The molecule has 0 unspecified atom stereocenters. The van der Waals surface area contributed by atoms with Crippen LogP contribution >= 0.6 is 15.9 Å². The Morgan fingerprint density at radius 3 is 2.61 bits per heavy atom. The summed E-state index contributed by atoms with van der Waals surface area (Å²) in [5.41, 5.74) is 8.17. The van der Waals surface area contributed by atoms with Crippen LogP contribution in [-0.2, 0) is 0 Å². The van der Waals surface area contributed by atoms with Gasteiger partial charge in [0, 0.05) is 16.2 Å². The predicted molar refractivity (Wildman–Crippen MR) is 76.4 cm³/mol. The molecule has 3 N–H and O–H groups in total. The molecule has 1 aromatic carbocycles. The van der Waals surface area contributed by atoms with Gasteiger partial charge in [-0.25, -0.2) is 4.68 Å². The monoisotopic (exact) mass is 306 g/mol. The molecule has 0 aliphatic carbocycles. The first-order valence-electron chi connectivity index (χ1n) is 5.69. The normalized spacial score (nSPS) is 10.9. The molecule has 2 rings (SSSR count). The van der Waals surface area contributed by atoms with Crippen LogP contribution in [0.1, 0.15) is 31.0 Å². The first-order valence-corrected chi connectivity index (χ1v) is 6.48. The number of nitrogens with one attached hydrogen (secondary N) is 1. The van der Waals surface area contributed by atoms with Crippen LogP contribution in [0.4, 0.5) is 0 Å². The Balaban J connectivity index is 2.39. The van der Waals surface area contributed by atoms with Crippen LogP contribution in [0.3, 0.4) is 0 Å². The average Bonchev–Trinajstić information content (AvgIpc) is 2.77. The quantitative estimate of drug-likeness (QED) is 0.676. The van der Waals surface area contributed by atoms with Crippen molar-refractivity contribution < 1.29 is 0 Å². The zero-order chi connectivity index (χ0) is 13.3. The SMILES string of the molecule is CC(C)c1ccn(-c2ccc(C(=N)N)c(Br)c2)n1. The van der Waals surface area contributed by atoms with Gasteiger partial charge in [0.25, 0.3) is 0 Å². The third-order valence-corrected chi connectivity index (χ3v) is 3.36. The fourth-order valence-corrected chi connectivity index (χ4v) is 2.24. The molecule has 0 amide bonds. The number of benzene rings is 1. The lowest BCUT2D eigenvalue weighted by molar-refractivity contribution is 0.768. The van der Waals surface area contributed by atoms with Gasteiger partial charge in [-0.2, -0.15) is 5.10 Å². The second-order valence-corrected chi connectivity index (χ2v) is 5.27. The maximum Gasteiger partial charge on any atom is 0.123 e. The van der Waals surface area contributed by atoms with Gasteiger partial charge >= 0.3 is 0 Å². The van der Waals surface area contributed by atoms with Crippen LogP contribution in [0.25, 0.3) is 5.69 Å². The molecule has 1 heterocycles. The number of nitrogens with zero attached hydrogens (tertiary/aromatic N) is 2. The van der Waals surface area contributed by atoms with Crippen LogP contribution in [-0.4, -0.2) is 15.6 Å². The van der Waals surface area contributed by atoms with Crippen molar-refractivity contribution in [3.05, 3.63) is 46.2 Å². The maximum atomic E-state index is 7.44. The third-order valence-electron chi connectivity index (χ3n) is 2.71. The Labute approximate surface area is 114 Å². The summed E-state index contributed by atoms with van der Waals surface area (Å²) in [5.74, 6) is 0.461. The molecule has 18 heavy (non-hydrogen) atoms. The summed E-state index contributed by atoms with van der Waals surface area (Å²) in [4.78, 5) is 0. The van der Waals surface area contributed by atoms with Crippen molar-refractivity contribution in [2.75, 3.05) is 0 Å². The molecule has 0 fully saturated rings. The first kappa shape index (κ1) is 12.8. The van der Waals surface area contributed by atoms with Crippen molar-refractivity contribution in [1.82, 2.24) is 9.78 Å². The Hall–Kier alpha value is -1.62. The summed E-state index contributed by atoms with van der Waals surface area (Å²) in [6.45, 7) is 4.23. The third kappa shape index (κ3) is 2.46. The van der Waals surface area contributed by atoms with Gasteiger partial charge in [0.15, 0.2) is 0 Å². The number of nitrogens with two attached hydrogens (primary N) is 1. The second kappa shape index (κ2) is 4.94. The van der Waals surface area contributed by atoms with Gasteiger partial charge in [-0.3, -0.25) is 5.41 Å². The first-order chi connectivity index (χ1) is 8.49. The molecule has 0 bridgehead atoms. The van der Waals surface area contributed by atoms with Crippen LogP contribution < -0.4 is 5.73 Å². The standard InChI is InChI=1S/C13H15BrN4/c1-8(2)12-5-6-18(17-12)9-3-4-10(13(15)16)11(14)7-9/h3-8H,1-2H3,(H3,15,16). The Morgan fingerprint density at radius 2 is 2.11 bits per heavy atom. The Bertz CT molecular complexity index is 586. The van der Waals surface area contributed by atoms with E-state index in [0.29, 0.717) is 11.5 Å². The van der Waals surface area contributed by atoms with E-state index in [1.165, 1.54) is 0 Å². The summed E-state index contributed by atoms with van der Waals surface area (Å²) in [6.07, 6.45) is 1.94. The zero-order valence-electron chi connectivity index (χ0n) is 10.3. The Morgan fingerprint density at radius 1 is 1.39 bits per heavy atom. The lowest BCUT2D eigenvalue weighted by Gasteiger charge is -2.06. The fraction of sp³-hybridized carbons (Fsp3) is 0.231. The number of halogens is 1. The molecule has 0 saturated carbocycles. The smallest absolute Gasteiger partial charge is 0.123 e. The molecular weight excluding hydrogens is 292 g/mol. The number of aromatic nitrogens is 2. The highest BCUT2D eigenvalue weighted by Gasteiger charge is 2.08. The maximum absolute atomic E-state index is 7.44. The summed E-state index contributed by atoms with van der Waals surface area (Å²) in [6, 6.07) is 7.64. The van der Waals surface area contributed by atoms with Crippen molar-refractivity contribution in [3.8, 4) is 5.69 Å². The van der Waals surface area contributed by atoms with Gasteiger partial charge in [0.05, 0.1) is 11.4 Å². The van der Waals surface area contributed by atoms with Crippen LogP contribution in [0, 0.1) is 5.41 Å². The van der Waals surface area contributed by atoms with Crippen molar-refractivity contribution in [2.24, 2.45) is 5.73 Å². The average molecular weight is 307 g/mol. The van der Waals surface area contributed by atoms with E-state index in [-0.39, 0.29) is 5.84 Å². The van der Waals surface area contributed by atoms with Gasteiger partial charge in [0.2, 0.25) is 0 Å². The summed E-state index contributed by atoms with van der Waals surface area (Å²) in [5, 5.41) is 11.9. The van der Waals surface area contributed by atoms with E-state index >= 15 is 0 Å². The van der Waals surface area contributed by atoms with E-state index in [1.807, 2.05) is 35.1 Å². The van der Waals surface area contributed by atoms with E-state index in [2.05, 4.69) is 34.9 Å². The van der Waals surface area contributed by atoms with E-state index in [4.69, 9.17) is 11.1 Å². The molecule has 0 saturated heterocycles. The van der Waals surface area contributed by atoms with Crippen LogP contribution in [0.15, 0.2) is 34.9 Å². The predicted octanol–water partition coefficient (Wildman–Crippen LogP) is 3.04. The van der Waals surface area contributed by atoms with E-state index in [0.717, 1.165) is 15.9 Å². The summed E-state index contributed by atoms with van der Waals surface area (Å²) in [7, 11) is 0. The van der Waals surface area contributed by atoms with Crippen molar-refractivity contribution in [3.63, 3.8) is 0 Å². The number of hydrogen-bond acceptors (Lipinski definition) is 2. The molecule has 0 radical (unpaired) electrons. The van der Waals surface area contributed by atoms with Crippen molar-refractivity contribution in [1.29, 1.82) is 5.41 Å². The van der Waals surface area contributed by atoms with Gasteiger partial charge < -0.3 is 5.73 Å². The van der Waals surface area contributed by atoms with E-state index < -0.39 is 0 Å². The Kier molecular flexibility index (Phi) is 3.52. The molecule has 0 aliphatic heterocycles. The molecular formula is C13H15BrN4. The van der Waals surface area contributed by atoms with Gasteiger partial charge in [-0.1, -0.05) is 13.8 Å². The highest BCUT2D eigenvalue weighted by Crippen LogP contribution is 2.21. The molecule has 1 aromatic heterocycles. The molecule has 0 spiro atoms. The van der Waals surface area contributed by atoms with Gasteiger partial charge in [-0.05, 0) is 46.1 Å². The van der Waals surface area contributed by atoms with E-state index in [1.54, 1.807) is 0 Å². The topological polar surface area (TPSA) is 67.7 Å². The second-order valence-electron chi connectivity index (χ2n) is 4.42. The molecule has 0 atom stereocenters. The lowest BCUT2D eigenvalue weighted by atomic mass is 10.1. The van der Waals surface area contributed by atoms with E-state index in [9.17, 15) is 0 Å². The minimum absolute atomic E-state index is 0.0526. The molecule has 4 nitrogen and oxygen atoms in total. The molecule has 2 aromatic rings. The fourth-order valence-electron chi connectivity index (χ4n) is 1.65. The number of hydrogen-bond donors (Lipinski definition) is 2. The molecule has 0 aliphatic rings. The van der Waals surface area contributed by atoms with Crippen molar-refractivity contribution in [2.45, 2.75) is 19.8 Å². The highest BCUT2D eigenvalue weighted by atomic mass is 79.9. The van der Waals surface area contributed by atoms with Gasteiger partial charge in [-0.15, -0.1) is 0 Å². The number of rotatable bonds is 3. The largest absolute Gasteiger partial charge is 0.384 e. The highest BCUT2D eigenvalue weighted by molar-refractivity contribution is 9.10. The van der Waals surface area contributed by atoms with Crippen LogP contribution in [0.2, 0.25) is 0 Å². The minimum Gasteiger partial charge on any atom is -0.384 e. The molecule has 94 valence electrons. The summed E-state index contributed by atoms with van der Waals surface area (Å²) >= 11 is 3.42. The zero-order valence-corrected chi connectivity index (χ0v) is 11.9.